The number of nitrogens with one attached hydrogen (secondary N) is 2. The van der Waals surface area contributed by atoms with E-state index in [1.54, 1.807) is 18.7 Å². The van der Waals surface area contributed by atoms with Crippen molar-refractivity contribution in [2.24, 2.45) is 14.1 Å². The molecule has 124 valence electrons. The maximum Gasteiger partial charge on any atom is 0.329 e. The van der Waals surface area contributed by atoms with Crippen LogP contribution >= 0.6 is 0 Å². The summed E-state index contributed by atoms with van der Waals surface area (Å²) in [6.07, 6.45) is 2.26. The van der Waals surface area contributed by atoms with Gasteiger partial charge in [0.15, 0.2) is 11.2 Å². The highest BCUT2D eigenvalue weighted by atomic mass is 16.2. The second-order valence-corrected chi connectivity index (χ2v) is 6.48. The Hall–Kier alpha value is -2.83. The summed E-state index contributed by atoms with van der Waals surface area (Å²) in [5.41, 5.74) is 1.36. The monoisotopic (exact) mass is 325 g/mol. The fourth-order valence-corrected chi connectivity index (χ4v) is 3.22. The summed E-state index contributed by atoms with van der Waals surface area (Å²) in [7, 11) is 3.38. The first kappa shape index (κ1) is 14.7. The number of benzene rings is 1. The fraction of sp³-hybridized carbons (Fsp3) is 0.353. The van der Waals surface area contributed by atoms with Crippen LogP contribution in [0.5, 0.6) is 0 Å². The van der Waals surface area contributed by atoms with Crippen molar-refractivity contribution in [3.8, 4) is 0 Å². The van der Waals surface area contributed by atoms with Crippen molar-refractivity contribution >= 4 is 17.1 Å². The van der Waals surface area contributed by atoms with Gasteiger partial charge in [0, 0.05) is 26.1 Å². The number of nitrogens with zero attached hydrogens (tertiary/aromatic N) is 3. The Bertz CT molecular complexity index is 1020. The molecule has 1 fully saturated rings. The lowest BCUT2D eigenvalue weighted by Crippen LogP contribution is -2.29. The van der Waals surface area contributed by atoms with E-state index < -0.39 is 11.2 Å². The van der Waals surface area contributed by atoms with Crippen molar-refractivity contribution in [3.63, 3.8) is 0 Å². The molecule has 1 saturated carbocycles. The molecule has 0 atom stereocenters. The van der Waals surface area contributed by atoms with Gasteiger partial charge in [-0.1, -0.05) is 30.3 Å². The van der Waals surface area contributed by atoms with Gasteiger partial charge in [-0.3, -0.25) is 14.3 Å². The van der Waals surface area contributed by atoms with E-state index in [9.17, 15) is 9.59 Å². The van der Waals surface area contributed by atoms with E-state index in [0.717, 1.165) is 19.4 Å². The molecular weight excluding hydrogens is 306 g/mol. The maximum atomic E-state index is 12.1. The van der Waals surface area contributed by atoms with Gasteiger partial charge in [0.25, 0.3) is 5.56 Å². The highest BCUT2D eigenvalue weighted by Crippen LogP contribution is 2.48. The van der Waals surface area contributed by atoms with Crippen LogP contribution in [0, 0.1) is 0 Å². The largest absolute Gasteiger partial charge is 0.355 e. The van der Waals surface area contributed by atoms with Gasteiger partial charge in [-0.05, 0) is 18.4 Å². The molecule has 2 heterocycles. The number of hydrogen-bond donors (Lipinski definition) is 2. The molecule has 0 saturated heterocycles. The lowest BCUT2D eigenvalue weighted by molar-refractivity contribution is 0.722. The van der Waals surface area contributed by atoms with Crippen LogP contribution in [0.2, 0.25) is 0 Å². The summed E-state index contributed by atoms with van der Waals surface area (Å²) in [4.78, 5) is 30.5. The van der Waals surface area contributed by atoms with E-state index in [1.807, 2.05) is 6.07 Å². The minimum atomic E-state index is -0.458. The molecule has 2 N–H and O–H groups in total. The van der Waals surface area contributed by atoms with Crippen LogP contribution in [-0.2, 0) is 19.5 Å². The number of hydrogen-bond acceptors (Lipinski definition) is 4. The van der Waals surface area contributed by atoms with Crippen molar-refractivity contribution in [2.45, 2.75) is 18.3 Å². The normalized spacial score (nSPS) is 15.6. The summed E-state index contributed by atoms with van der Waals surface area (Å²) in [6.45, 7) is 0.750. The Morgan fingerprint density at radius 1 is 1.17 bits per heavy atom. The molecule has 1 aliphatic rings. The summed E-state index contributed by atoms with van der Waals surface area (Å²) in [5, 5.41) is 3.36. The fourth-order valence-electron chi connectivity index (χ4n) is 3.22. The Kier molecular flexibility index (Phi) is 3.13. The smallest absolute Gasteiger partial charge is 0.329 e. The molecular formula is C17H19N5O2. The average Bonchev–Trinajstić information content (AvgIpc) is 3.30. The van der Waals surface area contributed by atoms with Gasteiger partial charge in [0.05, 0.1) is 0 Å². The van der Waals surface area contributed by atoms with Gasteiger partial charge < -0.3 is 9.88 Å². The first-order chi connectivity index (χ1) is 11.5. The minimum Gasteiger partial charge on any atom is -0.355 e. The predicted octanol–water partition coefficient (Wildman–Crippen LogP) is 1.10. The molecule has 0 unspecified atom stereocenters. The summed E-state index contributed by atoms with van der Waals surface area (Å²) >= 11 is 0. The zero-order valence-electron chi connectivity index (χ0n) is 13.7. The number of aromatic nitrogens is 4. The van der Waals surface area contributed by atoms with E-state index in [4.69, 9.17) is 0 Å². The third kappa shape index (κ3) is 2.16. The lowest BCUT2D eigenvalue weighted by Gasteiger charge is -2.16. The topological polar surface area (TPSA) is 84.7 Å². The molecule has 0 aliphatic heterocycles. The van der Waals surface area contributed by atoms with Crippen molar-refractivity contribution in [1.82, 2.24) is 19.1 Å². The van der Waals surface area contributed by atoms with Crippen LogP contribution in [0.3, 0.4) is 0 Å². The summed E-state index contributed by atoms with van der Waals surface area (Å²) in [6, 6.07) is 10.4. The Morgan fingerprint density at radius 2 is 1.88 bits per heavy atom. The van der Waals surface area contributed by atoms with E-state index in [1.165, 1.54) is 10.1 Å². The third-order valence-corrected chi connectivity index (χ3v) is 4.96. The maximum absolute atomic E-state index is 12.1. The Balaban J connectivity index is 1.68. The van der Waals surface area contributed by atoms with Crippen LogP contribution in [-0.4, -0.2) is 25.6 Å². The second-order valence-electron chi connectivity index (χ2n) is 6.48. The van der Waals surface area contributed by atoms with Gasteiger partial charge in [0.1, 0.15) is 0 Å². The highest BCUT2D eigenvalue weighted by Gasteiger charge is 2.44. The van der Waals surface area contributed by atoms with E-state index in [-0.39, 0.29) is 5.41 Å². The zero-order valence-corrected chi connectivity index (χ0v) is 13.7. The van der Waals surface area contributed by atoms with Crippen LogP contribution < -0.4 is 16.6 Å². The first-order valence-electron chi connectivity index (χ1n) is 7.97. The molecule has 0 amide bonds. The Labute approximate surface area is 138 Å². The number of aromatic amines is 1. The molecule has 0 bridgehead atoms. The van der Waals surface area contributed by atoms with Crippen molar-refractivity contribution in [3.05, 3.63) is 56.7 Å². The van der Waals surface area contributed by atoms with Gasteiger partial charge in [-0.25, -0.2) is 4.79 Å². The quantitative estimate of drug-likeness (QED) is 0.752. The SMILES string of the molecule is Cn1c(NCC2(c3ccccc3)CC2)nc2c1c(=O)[nH]c(=O)n2C. The first-order valence-corrected chi connectivity index (χ1v) is 7.97. The minimum absolute atomic E-state index is 0.137. The molecule has 1 aromatic carbocycles. The molecule has 0 radical (unpaired) electrons. The number of rotatable bonds is 4. The van der Waals surface area contributed by atoms with Crippen molar-refractivity contribution in [1.29, 1.82) is 0 Å². The second kappa shape index (κ2) is 5.09. The van der Waals surface area contributed by atoms with Gasteiger partial charge in [-0.2, -0.15) is 4.98 Å². The number of H-pyrrole nitrogens is 1. The molecule has 2 aromatic heterocycles. The van der Waals surface area contributed by atoms with Crippen molar-refractivity contribution in [2.75, 3.05) is 11.9 Å². The number of anilines is 1. The van der Waals surface area contributed by atoms with Gasteiger partial charge in [0.2, 0.25) is 5.95 Å². The zero-order chi connectivity index (χ0) is 16.9. The lowest BCUT2D eigenvalue weighted by atomic mass is 9.96. The number of aryl methyl sites for hydroxylation is 2. The third-order valence-electron chi connectivity index (χ3n) is 4.96. The molecule has 0 spiro atoms. The van der Waals surface area contributed by atoms with E-state index in [2.05, 4.69) is 39.6 Å². The Morgan fingerprint density at radius 3 is 2.54 bits per heavy atom. The average molecular weight is 325 g/mol. The van der Waals surface area contributed by atoms with Crippen LogP contribution in [0.1, 0.15) is 18.4 Å². The summed E-state index contributed by atoms with van der Waals surface area (Å²) in [5.74, 6) is 0.596. The number of fused-ring (bicyclic) bond motifs is 1. The van der Waals surface area contributed by atoms with Gasteiger partial charge >= 0.3 is 5.69 Å². The standard InChI is InChI=1S/C17H19N5O2/c1-21-12-13(22(2)16(24)20-14(12)23)19-15(21)18-10-17(8-9-17)11-6-4-3-5-7-11/h3-7H,8-10H2,1-2H3,(H,18,19)(H,20,23,24). The van der Waals surface area contributed by atoms with Gasteiger partial charge in [-0.15, -0.1) is 0 Å². The van der Waals surface area contributed by atoms with Crippen LogP contribution in [0.15, 0.2) is 39.9 Å². The van der Waals surface area contributed by atoms with E-state index in [0.29, 0.717) is 17.1 Å². The van der Waals surface area contributed by atoms with Crippen LogP contribution in [0.25, 0.3) is 11.2 Å². The number of imidazole rings is 1. The molecule has 24 heavy (non-hydrogen) atoms. The molecule has 4 rings (SSSR count). The highest BCUT2D eigenvalue weighted by molar-refractivity contribution is 5.73. The molecule has 1 aliphatic carbocycles. The molecule has 7 nitrogen and oxygen atoms in total. The van der Waals surface area contributed by atoms with E-state index >= 15 is 0 Å². The van der Waals surface area contributed by atoms with Crippen LogP contribution in [0.4, 0.5) is 5.95 Å². The predicted molar refractivity (Wildman–Crippen MR) is 92.4 cm³/mol. The van der Waals surface area contributed by atoms with Crippen molar-refractivity contribution < 1.29 is 0 Å². The molecule has 7 heteroatoms. The molecule has 3 aromatic rings. The summed E-state index contributed by atoms with van der Waals surface area (Å²) < 4.78 is 3.06.